The Balaban J connectivity index is 1.27. The SMILES string of the molecule is CN(CCCC1CC(c2ccc(F)cc2)NN1)C(=O)c1cccnc1N1CCOCC1. The molecule has 3 heterocycles. The van der Waals surface area contributed by atoms with Crippen LogP contribution in [0.25, 0.3) is 0 Å². The van der Waals surface area contributed by atoms with Crippen LogP contribution in [0.1, 0.15) is 41.2 Å². The van der Waals surface area contributed by atoms with Crippen molar-refractivity contribution in [2.45, 2.75) is 31.3 Å². The van der Waals surface area contributed by atoms with Crippen molar-refractivity contribution in [2.24, 2.45) is 0 Å². The van der Waals surface area contributed by atoms with Gasteiger partial charge in [-0.05, 0) is 49.1 Å². The van der Waals surface area contributed by atoms with Crippen molar-refractivity contribution in [1.29, 1.82) is 0 Å². The van der Waals surface area contributed by atoms with E-state index in [2.05, 4.69) is 20.7 Å². The number of amides is 1. The first-order valence-electron chi connectivity index (χ1n) is 10.9. The number of pyridine rings is 1. The Kier molecular flexibility index (Phi) is 7.11. The Morgan fingerprint density at radius 3 is 2.77 bits per heavy atom. The number of benzene rings is 1. The molecule has 2 aliphatic heterocycles. The van der Waals surface area contributed by atoms with Crippen LogP contribution in [0.2, 0.25) is 0 Å². The van der Waals surface area contributed by atoms with Gasteiger partial charge in [-0.15, -0.1) is 0 Å². The third kappa shape index (κ3) is 5.39. The summed E-state index contributed by atoms with van der Waals surface area (Å²) < 4.78 is 18.6. The lowest BCUT2D eigenvalue weighted by molar-refractivity contribution is 0.0790. The molecule has 0 bridgehead atoms. The van der Waals surface area contributed by atoms with Gasteiger partial charge in [0.2, 0.25) is 0 Å². The van der Waals surface area contributed by atoms with Crippen molar-refractivity contribution < 1.29 is 13.9 Å². The summed E-state index contributed by atoms with van der Waals surface area (Å²) in [6.07, 6.45) is 4.52. The van der Waals surface area contributed by atoms with Gasteiger partial charge in [-0.1, -0.05) is 12.1 Å². The smallest absolute Gasteiger partial charge is 0.257 e. The molecule has 1 aromatic carbocycles. The van der Waals surface area contributed by atoms with Crippen molar-refractivity contribution in [1.82, 2.24) is 20.7 Å². The van der Waals surface area contributed by atoms with E-state index >= 15 is 0 Å². The molecule has 1 aromatic heterocycles. The van der Waals surface area contributed by atoms with E-state index in [1.54, 1.807) is 11.1 Å². The van der Waals surface area contributed by atoms with Crippen molar-refractivity contribution in [3.05, 3.63) is 59.5 Å². The normalized spacial score (nSPS) is 21.3. The van der Waals surface area contributed by atoms with Gasteiger partial charge < -0.3 is 14.5 Å². The van der Waals surface area contributed by atoms with Gasteiger partial charge in [0.15, 0.2) is 0 Å². The number of nitrogens with one attached hydrogen (secondary N) is 2. The number of nitrogens with zero attached hydrogens (tertiary/aromatic N) is 3. The van der Waals surface area contributed by atoms with E-state index in [9.17, 15) is 9.18 Å². The number of hydrazine groups is 1. The van der Waals surface area contributed by atoms with Gasteiger partial charge in [0.05, 0.1) is 18.8 Å². The largest absolute Gasteiger partial charge is 0.378 e. The fraction of sp³-hybridized carbons (Fsp3) is 0.478. The Morgan fingerprint density at radius 2 is 2.00 bits per heavy atom. The molecule has 166 valence electrons. The summed E-state index contributed by atoms with van der Waals surface area (Å²) in [5.74, 6) is 0.520. The number of halogens is 1. The van der Waals surface area contributed by atoms with E-state index in [0.29, 0.717) is 31.4 Å². The monoisotopic (exact) mass is 427 g/mol. The second kappa shape index (κ2) is 10.2. The highest BCUT2D eigenvalue weighted by atomic mass is 19.1. The Hall–Kier alpha value is -2.55. The average Bonchev–Trinajstić information content (AvgIpc) is 3.28. The van der Waals surface area contributed by atoms with Crippen LogP contribution >= 0.6 is 0 Å². The average molecular weight is 428 g/mol. The van der Waals surface area contributed by atoms with E-state index in [-0.39, 0.29) is 17.8 Å². The van der Waals surface area contributed by atoms with Crippen molar-refractivity contribution >= 4 is 11.7 Å². The highest BCUT2D eigenvalue weighted by molar-refractivity contribution is 5.98. The zero-order valence-corrected chi connectivity index (χ0v) is 17.9. The number of morpholine rings is 1. The van der Waals surface area contributed by atoms with Gasteiger partial charge in [-0.25, -0.2) is 9.37 Å². The van der Waals surface area contributed by atoms with Gasteiger partial charge in [0.1, 0.15) is 11.6 Å². The number of aromatic nitrogens is 1. The third-order valence-electron chi connectivity index (χ3n) is 5.97. The fourth-order valence-corrected chi connectivity index (χ4v) is 4.20. The van der Waals surface area contributed by atoms with E-state index in [0.717, 1.165) is 43.7 Å². The summed E-state index contributed by atoms with van der Waals surface area (Å²) in [6, 6.07) is 10.8. The highest BCUT2D eigenvalue weighted by Crippen LogP contribution is 2.25. The van der Waals surface area contributed by atoms with Crippen molar-refractivity contribution in [3.63, 3.8) is 0 Å². The summed E-state index contributed by atoms with van der Waals surface area (Å²) in [7, 11) is 1.85. The summed E-state index contributed by atoms with van der Waals surface area (Å²) in [5, 5.41) is 0. The first-order chi connectivity index (χ1) is 15.1. The molecule has 2 atom stereocenters. The maximum atomic E-state index is 13.1. The topological polar surface area (TPSA) is 69.7 Å². The Labute approximate surface area is 182 Å². The molecule has 1 amide bonds. The molecular formula is C23H30FN5O2. The molecule has 7 nitrogen and oxygen atoms in total. The van der Waals surface area contributed by atoms with Crippen LogP contribution in [-0.4, -0.2) is 61.7 Å². The highest BCUT2D eigenvalue weighted by Gasteiger charge is 2.25. The van der Waals surface area contributed by atoms with Crippen LogP contribution in [0.3, 0.4) is 0 Å². The number of anilines is 1. The van der Waals surface area contributed by atoms with Gasteiger partial charge in [0.25, 0.3) is 5.91 Å². The summed E-state index contributed by atoms with van der Waals surface area (Å²) >= 11 is 0. The predicted octanol–water partition coefficient (Wildman–Crippen LogP) is 2.52. The van der Waals surface area contributed by atoms with E-state index in [1.165, 1.54) is 12.1 Å². The predicted molar refractivity (Wildman–Crippen MR) is 117 cm³/mol. The van der Waals surface area contributed by atoms with Crippen LogP contribution < -0.4 is 15.8 Å². The zero-order chi connectivity index (χ0) is 21.6. The molecular weight excluding hydrogens is 397 g/mol. The van der Waals surface area contributed by atoms with Crippen LogP contribution in [0.15, 0.2) is 42.6 Å². The maximum absolute atomic E-state index is 13.1. The Bertz CT molecular complexity index is 873. The molecule has 8 heteroatoms. The molecule has 2 fully saturated rings. The molecule has 2 saturated heterocycles. The molecule has 2 N–H and O–H groups in total. The van der Waals surface area contributed by atoms with Gasteiger partial charge in [-0.2, -0.15) is 0 Å². The minimum Gasteiger partial charge on any atom is -0.378 e. The number of carbonyl (C=O) groups is 1. The van der Waals surface area contributed by atoms with E-state index < -0.39 is 0 Å². The standard InChI is InChI=1S/C23H30FN5O2/c1-28(23(30)20-5-2-10-25-22(20)29-12-14-31-15-13-29)11-3-4-19-16-21(27-26-19)17-6-8-18(24)9-7-17/h2,5-10,19,21,26-27H,3-4,11-16H2,1H3. The van der Waals surface area contributed by atoms with Crippen LogP contribution in [0.4, 0.5) is 10.2 Å². The summed E-state index contributed by atoms with van der Waals surface area (Å²) in [5.41, 5.74) is 8.35. The fourth-order valence-electron chi connectivity index (χ4n) is 4.20. The van der Waals surface area contributed by atoms with Gasteiger partial charge >= 0.3 is 0 Å². The minimum absolute atomic E-state index is 0.00344. The summed E-state index contributed by atoms with van der Waals surface area (Å²) in [4.78, 5) is 21.4. The second-order valence-electron chi connectivity index (χ2n) is 8.17. The molecule has 31 heavy (non-hydrogen) atoms. The number of rotatable bonds is 7. The van der Waals surface area contributed by atoms with Crippen molar-refractivity contribution in [2.75, 3.05) is 44.8 Å². The second-order valence-corrected chi connectivity index (χ2v) is 8.17. The molecule has 2 aromatic rings. The zero-order valence-electron chi connectivity index (χ0n) is 17.9. The lowest BCUT2D eigenvalue weighted by Gasteiger charge is -2.30. The molecule has 0 aliphatic carbocycles. The summed E-state index contributed by atoms with van der Waals surface area (Å²) in [6.45, 7) is 3.48. The van der Waals surface area contributed by atoms with Crippen LogP contribution in [0.5, 0.6) is 0 Å². The van der Waals surface area contributed by atoms with E-state index in [4.69, 9.17) is 4.74 Å². The van der Waals surface area contributed by atoms with Gasteiger partial charge in [0, 0.05) is 45.0 Å². The molecule has 0 radical (unpaired) electrons. The first-order valence-corrected chi connectivity index (χ1v) is 10.9. The lowest BCUT2D eigenvalue weighted by Crippen LogP contribution is -2.39. The minimum atomic E-state index is -0.218. The maximum Gasteiger partial charge on any atom is 0.257 e. The number of hydrogen-bond acceptors (Lipinski definition) is 6. The van der Waals surface area contributed by atoms with Crippen LogP contribution in [0, 0.1) is 5.82 Å². The van der Waals surface area contributed by atoms with Gasteiger partial charge in [-0.3, -0.25) is 15.6 Å². The lowest BCUT2D eigenvalue weighted by atomic mass is 9.99. The third-order valence-corrected chi connectivity index (χ3v) is 5.97. The van der Waals surface area contributed by atoms with Crippen LogP contribution in [-0.2, 0) is 4.74 Å². The first kappa shape index (κ1) is 21.7. The number of carbonyl (C=O) groups excluding carboxylic acids is 1. The van der Waals surface area contributed by atoms with Crippen molar-refractivity contribution in [3.8, 4) is 0 Å². The molecule has 0 spiro atoms. The molecule has 2 aliphatic rings. The van der Waals surface area contributed by atoms with E-state index in [1.807, 2.05) is 31.3 Å². The Morgan fingerprint density at radius 1 is 1.23 bits per heavy atom. The quantitative estimate of drug-likeness (QED) is 0.708. The number of hydrogen-bond donors (Lipinski definition) is 2. The molecule has 4 rings (SSSR count). The molecule has 2 unspecified atom stereocenters. The number of ether oxygens (including phenoxy) is 1. The molecule has 0 saturated carbocycles.